The van der Waals surface area contributed by atoms with E-state index >= 15 is 0 Å². The zero-order valence-corrected chi connectivity index (χ0v) is 18.1. The lowest BCUT2D eigenvalue weighted by Gasteiger charge is -2.21. The summed E-state index contributed by atoms with van der Waals surface area (Å²) in [6.45, 7) is 4.62. The van der Waals surface area contributed by atoms with Crippen molar-refractivity contribution in [3.8, 4) is 16.8 Å². The van der Waals surface area contributed by atoms with Crippen LogP contribution >= 0.6 is 0 Å². The molecule has 2 N–H and O–H groups in total. The molecule has 1 aliphatic carbocycles. The maximum atomic E-state index is 7.83. The molecule has 1 aromatic heterocycles. The van der Waals surface area contributed by atoms with Crippen molar-refractivity contribution < 1.29 is 0 Å². The van der Waals surface area contributed by atoms with Gasteiger partial charge in [0.1, 0.15) is 0 Å². The van der Waals surface area contributed by atoms with Crippen molar-refractivity contribution in [3.05, 3.63) is 101 Å². The Labute approximate surface area is 187 Å². The maximum Gasteiger partial charge on any atom is 0.0544 e. The first kappa shape index (κ1) is 18.8. The van der Waals surface area contributed by atoms with E-state index in [0.717, 1.165) is 22.3 Å². The zero-order valence-electron chi connectivity index (χ0n) is 18.1. The molecule has 4 aromatic carbocycles. The molecule has 0 amide bonds. The Morgan fingerprint density at radius 1 is 0.656 bits per heavy atom. The predicted molar refractivity (Wildman–Crippen MR) is 134 cm³/mol. The van der Waals surface area contributed by atoms with Crippen LogP contribution in [0.15, 0.2) is 78.9 Å². The van der Waals surface area contributed by atoms with Crippen LogP contribution in [-0.2, 0) is 5.41 Å². The molecular formula is C29H23N3. The molecular weight excluding hydrogens is 390 g/mol. The fourth-order valence-corrected chi connectivity index (χ4v) is 5.40. The van der Waals surface area contributed by atoms with Crippen molar-refractivity contribution in [2.24, 2.45) is 0 Å². The molecule has 3 nitrogen and oxygen atoms in total. The van der Waals surface area contributed by atoms with Crippen LogP contribution in [-0.4, -0.2) is 17.0 Å². The van der Waals surface area contributed by atoms with Crippen LogP contribution in [0.1, 0.15) is 36.1 Å². The minimum Gasteiger partial charge on any atom is -0.309 e. The van der Waals surface area contributed by atoms with Crippen molar-refractivity contribution >= 4 is 34.2 Å². The third-order valence-corrected chi connectivity index (χ3v) is 7.02. The summed E-state index contributed by atoms with van der Waals surface area (Å²) in [7, 11) is 0. The van der Waals surface area contributed by atoms with E-state index in [1.165, 1.54) is 51.0 Å². The maximum absolute atomic E-state index is 7.83. The van der Waals surface area contributed by atoms with Crippen LogP contribution in [0.25, 0.3) is 38.6 Å². The van der Waals surface area contributed by atoms with Crippen LogP contribution in [0.4, 0.5) is 0 Å². The summed E-state index contributed by atoms with van der Waals surface area (Å²) in [4.78, 5) is 0. The number of rotatable bonds is 3. The topological polar surface area (TPSA) is 52.6 Å². The number of benzene rings is 4. The Bertz CT molecular complexity index is 1580. The molecule has 1 aliphatic rings. The standard InChI is InChI=1S/C29H23N3/c1-29(2)25-9-5-3-7-21(25)23-14-24-22-8-4-6-10-27(22)32(28(24)15-26(23)29)20-12-11-18(16-30)19(13-20)17-31/h3-17,30-31H,1-2H3. The van der Waals surface area contributed by atoms with Gasteiger partial charge in [0.25, 0.3) is 0 Å². The monoisotopic (exact) mass is 413 g/mol. The van der Waals surface area contributed by atoms with Gasteiger partial charge in [0.15, 0.2) is 0 Å². The number of para-hydroxylation sites is 1. The fourth-order valence-electron chi connectivity index (χ4n) is 5.40. The van der Waals surface area contributed by atoms with Crippen LogP contribution in [0.2, 0.25) is 0 Å². The lowest BCUT2D eigenvalue weighted by Crippen LogP contribution is -2.15. The third-order valence-electron chi connectivity index (χ3n) is 7.02. The zero-order chi connectivity index (χ0) is 22.0. The van der Waals surface area contributed by atoms with E-state index in [-0.39, 0.29) is 5.41 Å². The second-order valence-electron chi connectivity index (χ2n) is 9.04. The Morgan fingerprint density at radius 2 is 1.41 bits per heavy atom. The summed E-state index contributed by atoms with van der Waals surface area (Å²) < 4.78 is 2.30. The first-order chi connectivity index (χ1) is 15.5. The molecule has 32 heavy (non-hydrogen) atoms. The molecule has 154 valence electrons. The van der Waals surface area contributed by atoms with Gasteiger partial charge in [-0.2, -0.15) is 0 Å². The van der Waals surface area contributed by atoms with Gasteiger partial charge in [0.05, 0.1) is 11.0 Å². The number of aromatic nitrogens is 1. The summed E-state index contributed by atoms with van der Waals surface area (Å²) in [6, 6.07) is 28.0. The molecule has 0 saturated carbocycles. The summed E-state index contributed by atoms with van der Waals surface area (Å²) in [5.41, 5.74) is 10.1. The largest absolute Gasteiger partial charge is 0.309 e. The van der Waals surface area contributed by atoms with Gasteiger partial charge in [0.2, 0.25) is 0 Å². The average Bonchev–Trinajstić information content (AvgIpc) is 3.27. The van der Waals surface area contributed by atoms with Crippen LogP contribution in [0, 0.1) is 10.8 Å². The second-order valence-corrected chi connectivity index (χ2v) is 9.04. The number of fused-ring (bicyclic) bond motifs is 6. The van der Waals surface area contributed by atoms with E-state index in [1.54, 1.807) is 0 Å². The molecule has 0 unspecified atom stereocenters. The number of hydrogen-bond donors (Lipinski definition) is 2. The van der Waals surface area contributed by atoms with Crippen molar-refractivity contribution in [1.29, 1.82) is 10.8 Å². The minimum atomic E-state index is -0.0639. The van der Waals surface area contributed by atoms with Crippen molar-refractivity contribution in [3.63, 3.8) is 0 Å². The quantitative estimate of drug-likeness (QED) is 0.297. The van der Waals surface area contributed by atoms with E-state index in [4.69, 9.17) is 10.8 Å². The third kappa shape index (κ3) is 2.36. The fraction of sp³-hybridized carbons (Fsp3) is 0.103. The highest BCUT2D eigenvalue weighted by atomic mass is 15.0. The van der Waals surface area contributed by atoms with Crippen molar-refractivity contribution in [1.82, 2.24) is 4.57 Å². The van der Waals surface area contributed by atoms with E-state index in [0.29, 0.717) is 0 Å². The number of hydrogen-bond acceptors (Lipinski definition) is 2. The smallest absolute Gasteiger partial charge is 0.0544 e. The summed E-state index contributed by atoms with van der Waals surface area (Å²) in [5.74, 6) is 0. The number of nitrogens with one attached hydrogen (secondary N) is 2. The Kier molecular flexibility index (Phi) is 3.82. The lowest BCUT2D eigenvalue weighted by atomic mass is 9.82. The molecule has 0 aliphatic heterocycles. The van der Waals surface area contributed by atoms with E-state index in [2.05, 4.69) is 79.1 Å². The van der Waals surface area contributed by atoms with Gasteiger partial charge in [-0.25, -0.2) is 0 Å². The van der Waals surface area contributed by atoms with Gasteiger partial charge in [0, 0.05) is 45.4 Å². The number of nitrogens with zero attached hydrogens (tertiary/aromatic N) is 1. The molecule has 1 heterocycles. The molecule has 3 heteroatoms. The summed E-state index contributed by atoms with van der Waals surface area (Å²) in [5, 5.41) is 17.9. The Hall–Kier alpha value is -3.98. The van der Waals surface area contributed by atoms with Gasteiger partial charge >= 0.3 is 0 Å². The van der Waals surface area contributed by atoms with Gasteiger partial charge in [-0.3, -0.25) is 0 Å². The summed E-state index contributed by atoms with van der Waals surface area (Å²) in [6.07, 6.45) is 2.64. The Morgan fingerprint density at radius 3 is 2.22 bits per heavy atom. The lowest BCUT2D eigenvalue weighted by molar-refractivity contribution is 0.661. The van der Waals surface area contributed by atoms with E-state index in [1.807, 2.05) is 18.2 Å². The van der Waals surface area contributed by atoms with Gasteiger partial charge in [-0.05, 0) is 52.6 Å². The molecule has 0 spiro atoms. The highest BCUT2D eigenvalue weighted by Crippen LogP contribution is 2.50. The van der Waals surface area contributed by atoms with Crippen molar-refractivity contribution in [2.75, 3.05) is 0 Å². The molecule has 0 fully saturated rings. The summed E-state index contributed by atoms with van der Waals surface area (Å²) >= 11 is 0. The molecule has 0 bridgehead atoms. The highest BCUT2D eigenvalue weighted by molar-refractivity contribution is 6.11. The SMILES string of the molecule is CC1(C)c2ccccc2-c2cc3c4ccccc4n(-c4ccc(C=N)c(C=N)c4)c3cc21. The minimum absolute atomic E-state index is 0.0639. The molecule has 0 atom stereocenters. The second kappa shape index (κ2) is 6.51. The van der Waals surface area contributed by atoms with Gasteiger partial charge in [-0.1, -0.05) is 62.4 Å². The van der Waals surface area contributed by atoms with E-state index in [9.17, 15) is 0 Å². The van der Waals surface area contributed by atoms with Crippen molar-refractivity contribution in [2.45, 2.75) is 19.3 Å². The van der Waals surface area contributed by atoms with Crippen LogP contribution in [0.3, 0.4) is 0 Å². The molecule has 0 saturated heterocycles. The van der Waals surface area contributed by atoms with Crippen LogP contribution < -0.4 is 0 Å². The van der Waals surface area contributed by atoms with Gasteiger partial charge < -0.3 is 15.4 Å². The average molecular weight is 414 g/mol. The first-order valence-electron chi connectivity index (χ1n) is 10.9. The normalized spacial score (nSPS) is 13.8. The van der Waals surface area contributed by atoms with Crippen LogP contribution in [0.5, 0.6) is 0 Å². The molecule has 6 rings (SSSR count). The van der Waals surface area contributed by atoms with Gasteiger partial charge in [-0.15, -0.1) is 0 Å². The Balaban J connectivity index is 1.74. The first-order valence-corrected chi connectivity index (χ1v) is 10.9. The molecule has 5 aromatic rings. The predicted octanol–water partition coefficient (Wildman–Crippen LogP) is 7.09. The van der Waals surface area contributed by atoms with E-state index < -0.39 is 0 Å². The molecule has 0 radical (unpaired) electrons. The highest BCUT2D eigenvalue weighted by Gasteiger charge is 2.36.